The summed E-state index contributed by atoms with van der Waals surface area (Å²) >= 11 is 5.91. The first-order valence-electron chi connectivity index (χ1n) is 5.61. The quantitative estimate of drug-likeness (QED) is 0.920. The Balaban J connectivity index is 1.98. The first kappa shape index (κ1) is 12.5. The van der Waals surface area contributed by atoms with Crippen LogP contribution >= 0.6 is 11.6 Å². The van der Waals surface area contributed by atoms with E-state index in [2.05, 4.69) is 16.5 Å². The molecular weight excluding hydrogens is 248 g/mol. The van der Waals surface area contributed by atoms with Crippen LogP contribution < -0.4 is 5.32 Å². The molecule has 0 radical (unpaired) electrons. The Labute approximate surface area is 111 Å². The van der Waals surface area contributed by atoms with Gasteiger partial charge in [0.15, 0.2) is 0 Å². The Morgan fingerprint density at radius 2 is 2.33 bits per heavy atom. The van der Waals surface area contributed by atoms with Crippen molar-refractivity contribution in [2.75, 3.05) is 11.9 Å². The van der Waals surface area contributed by atoms with E-state index in [-0.39, 0.29) is 0 Å². The van der Waals surface area contributed by atoms with E-state index >= 15 is 0 Å². The van der Waals surface area contributed by atoms with Crippen LogP contribution in [0.5, 0.6) is 0 Å². The lowest BCUT2D eigenvalue weighted by molar-refractivity contribution is 0.637. The van der Waals surface area contributed by atoms with Crippen LogP contribution in [-0.2, 0) is 6.54 Å². The van der Waals surface area contributed by atoms with Crippen molar-refractivity contribution in [1.82, 2.24) is 9.78 Å². The predicted octanol–water partition coefficient (Wildman–Crippen LogP) is 2.83. The van der Waals surface area contributed by atoms with Crippen LogP contribution in [0.3, 0.4) is 0 Å². The SMILES string of the molecule is Cc1cnn(CCNc2cc(Cl)ccc2C#N)c1. The molecule has 0 aliphatic carbocycles. The van der Waals surface area contributed by atoms with Gasteiger partial charge in [0.25, 0.3) is 0 Å². The fraction of sp³-hybridized carbons (Fsp3) is 0.231. The third-order valence-electron chi connectivity index (χ3n) is 2.52. The molecule has 92 valence electrons. The molecule has 0 saturated carbocycles. The second-order valence-electron chi connectivity index (χ2n) is 4.01. The normalized spacial score (nSPS) is 10.1. The zero-order valence-electron chi connectivity index (χ0n) is 10.0. The van der Waals surface area contributed by atoms with Crippen LogP contribution in [0.15, 0.2) is 30.6 Å². The fourth-order valence-electron chi connectivity index (χ4n) is 1.65. The van der Waals surface area contributed by atoms with Gasteiger partial charge >= 0.3 is 0 Å². The number of aryl methyl sites for hydroxylation is 1. The first-order valence-corrected chi connectivity index (χ1v) is 5.99. The van der Waals surface area contributed by atoms with Crippen molar-refractivity contribution in [1.29, 1.82) is 5.26 Å². The molecule has 5 heteroatoms. The lowest BCUT2D eigenvalue weighted by atomic mass is 10.2. The average Bonchev–Trinajstić information content (AvgIpc) is 2.75. The van der Waals surface area contributed by atoms with Gasteiger partial charge in [0, 0.05) is 17.8 Å². The van der Waals surface area contributed by atoms with Crippen molar-refractivity contribution in [3.05, 3.63) is 46.7 Å². The van der Waals surface area contributed by atoms with E-state index < -0.39 is 0 Å². The predicted molar refractivity (Wildman–Crippen MR) is 71.6 cm³/mol. The van der Waals surface area contributed by atoms with Crippen molar-refractivity contribution in [3.63, 3.8) is 0 Å². The van der Waals surface area contributed by atoms with E-state index in [1.165, 1.54) is 0 Å². The highest BCUT2D eigenvalue weighted by Gasteiger charge is 2.02. The summed E-state index contributed by atoms with van der Waals surface area (Å²) in [6, 6.07) is 7.31. The molecule has 18 heavy (non-hydrogen) atoms. The van der Waals surface area contributed by atoms with Gasteiger partial charge in [-0.25, -0.2) is 0 Å². The maximum absolute atomic E-state index is 8.98. The molecule has 0 fully saturated rings. The van der Waals surface area contributed by atoms with Gasteiger partial charge in [0.05, 0.1) is 24.0 Å². The monoisotopic (exact) mass is 260 g/mol. The number of hydrogen-bond donors (Lipinski definition) is 1. The summed E-state index contributed by atoms with van der Waals surface area (Å²) < 4.78 is 1.86. The molecule has 1 aromatic carbocycles. The molecule has 0 aliphatic heterocycles. The third-order valence-corrected chi connectivity index (χ3v) is 2.76. The molecule has 0 amide bonds. The number of aromatic nitrogens is 2. The van der Waals surface area contributed by atoms with Crippen molar-refractivity contribution >= 4 is 17.3 Å². The Morgan fingerprint density at radius 3 is 3.00 bits per heavy atom. The second kappa shape index (κ2) is 5.56. The maximum Gasteiger partial charge on any atom is 0.101 e. The molecule has 0 atom stereocenters. The molecule has 0 saturated heterocycles. The molecular formula is C13H13ClN4. The van der Waals surface area contributed by atoms with Crippen molar-refractivity contribution in [2.45, 2.75) is 13.5 Å². The summed E-state index contributed by atoms with van der Waals surface area (Å²) in [5, 5.41) is 17.0. The van der Waals surface area contributed by atoms with Gasteiger partial charge in [-0.05, 0) is 30.7 Å². The minimum atomic E-state index is 0.594. The van der Waals surface area contributed by atoms with Crippen LogP contribution in [0.2, 0.25) is 5.02 Å². The highest BCUT2D eigenvalue weighted by molar-refractivity contribution is 6.30. The van der Waals surface area contributed by atoms with Gasteiger partial charge in [0.1, 0.15) is 6.07 Å². The Kier molecular flexibility index (Phi) is 3.85. The van der Waals surface area contributed by atoms with E-state index in [9.17, 15) is 0 Å². The summed E-state index contributed by atoms with van der Waals surface area (Å²) in [7, 11) is 0. The van der Waals surface area contributed by atoms with Gasteiger partial charge in [-0.3, -0.25) is 4.68 Å². The van der Waals surface area contributed by atoms with Gasteiger partial charge in [-0.15, -0.1) is 0 Å². The molecule has 1 heterocycles. The molecule has 4 nitrogen and oxygen atoms in total. The highest BCUT2D eigenvalue weighted by Crippen LogP contribution is 2.20. The number of nitrogens with zero attached hydrogens (tertiary/aromatic N) is 3. The zero-order valence-corrected chi connectivity index (χ0v) is 10.8. The van der Waals surface area contributed by atoms with Gasteiger partial charge in [-0.2, -0.15) is 10.4 Å². The summed E-state index contributed by atoms with van der Waals surface area (Å²) in [5.41, 5.74) is 2.49. The molecule has 2 rings (SSSR count). The average molecular weight is 261 g/mol. The van der Waals surface area contributed by atoms with E-state index in [1.807, 2.05) is 24.0 Å². The molecule has 1 N–H and O–H groups in total. The minimum Gasteiger partial charge on any atom is -0.382 e. The standard InChI is InChI=1S/C13H13ClN4/c1-10-8-17-18(9-10)5-4-16-13-6-12(14)3-2-11(13)7-15/h2-3,6,8-9,16H,4-5H2,1H3. The van der Waals surface area contributed by atoms with Crippen molar-refractivity contribution in [3.8, 4) is 6.07 Å². The highest BCUT2D eigenvalue weighted by atomic mass is 35.5. The number of nitrogens with one attached hydrogen (secondary N) is 1. The Morgan fingerprint density at radius 1 is 1.50 bits per heavy atom. The Hall–Kier alpha value is -1.99. The second-order valence-corrected chi connectivity index (χ2v) is 4.45. The van der Waals surface area contributed by atoms with E-state index in [0.717, 1.165) is 17.8 Å². The van der Waals surface area contributed by atoms with Gasteiger partial charge in [0.2, 0.25) is 0 Å². The first-order chi connectivity index (χ1) is 8.69. The van der Waals surface area contributed by atoms with Crippen LogP contribution in [0.4, 0.5) is 5.69 Å². The molecule has 0 bridgehead atoms. The number of anilines is 1. The third kappa shape index (κ3) is 3.02. The minimum absolute atomic E-state index is 0.594. The number of nitriles is 1. The van der Waals surface area contributed by atoms with Crippen molar-refractivity contribution in [2.24, 2.45) is 0 Å². The van der Waals surface area contributed by atoms with Gasteiger partial charge in [-0.1, -0.05) is 11.6 Å². The number of halogens is 1. The van der Waals surface area contributed by atoms with E-state index in [1.54, 1.807) is 18.2 Å². The summed E-state index contributed by atoms with van der Waals surface area (Å²) in [5.74, 6) is 0. The summed E-state index contributed by atoms with van der Waals surface area (Å²) in [6.07, 6.45) is 3.80. The fourth-order valence-corrected chi connectivity index (χ4v) is 1.83. The number of hydrogen-bond acceptors (Lipinski definition) is 3. The summed E-state index contributed by atoms with van der Waals surface area (Å²) in [6.45, 7) is 3.43. The number of benzene rings is 1. The Bertz CT molecular complexity index is 583. The van der Waals surface area contributed by atoms with Crippen molar-refractivity contribution < 1.29 is 0 Å². The van der Waals surface area contributed by atoms with Crippen LogP contribution in [0.1, 0.15) is 11.1 Å². The largest absolute Gasteiger partial charge is 0.382 e. The maximum atomic E-state index is 8.98. The molecule has 0 spiro atoms. The zero-order chi connectivity index (χ0) is 13.0. The summed E-state index contributed by atoms with van der Waals surface area (Å²) in [4.78, 5) is 0. The van der Waals surface area contributed by atoms with E-state index in [4.69, 9.17) is 16.9 Å². The van der Waals surface area contributed by atoms with E-state index in [0.29, 0.717) is 17.1 Å². The molecule has 0 unspecified atom stereocenters. The van der Waals surface area contributed by atoms with Crippen LogP contribution in [-0.4, -0.2) is 16.3 Å². The number of rotatable bonds is 4. The van der Waals surface area contributed by atoms with Crippen LogP contribution in [0, 0.1) is 18.3 Å². The lowest BCUT2D eigenvalue weighted by Gasteiger charge is -2.08. The van der Waals surface area contributed by atoms with Gasteiger partial charge < -0.3 is 5.32 Å². The topological polar surface area (TPSA) is 53.6 Å². The molecule has 2 aromatic rings. The van der Waals surface area contributed by atoms with Crippen LogP contribution in [0.25, 0.3) is 0 Å². The lowest BCUT2D eigenvalue weighted by Crippen LogP contribution is -2.11. The molecule has 1 aromatic heterocycles. The molecule has 0 aliphatic rings. The smallest absolute Gasteiger partial charge is 0.101 e.